The van der Waals surface area contributed by atoms with Crippen molar-refractivity contribution in [3.8, 4) is 0 Å². The van der Waals surface area contributed by atoms with Gasteiger partial charge in [0.2, 0.25) is 0 Å². The van der Waals surface area contributed by atoms with Crippen molar-refractivity contribution < 1.29 is 4.39 Å². The normalized spacial score (nSPS) is 17.8. The summed E-state index contributed by atoms with van der Waals surface area (Å²) >= 11 is 0. The molecule has 0 amide bonds. The van der Waals surface area contributed by atoms with E-state index in [-0.39, 0.29) is 11.9 Å². The summed E-state index contributed by atoms with van der Waals surface area (Å²) in [6.07, 6.45) is 8.45. The molecule has 2 aromatic carbocycles. The minimum absolute atomic E-state index is 0.117. The van der Waals surface area contributed by atoms with E-state index in [1.54, 1.807) is 6.07 Å². The van der Waals surface area contributed by atoms with E-state index in [9.17, 15) is 4.39 Å². The fraction of sp³-hybridized carbons (Fsp3) is 0.360. The van der Waals surface area contributed by atoms with Crippen molar-refractivity contribution in [2.45, 2.75) is 46.6 Å². The third kappa shape index (κ3) is 4.16. The third-order valence-electron chi connectivity index (χ3n) is 5.69. The van der Waals surface area contributed by atoms with Crippen molar-refractivity contribution in [2.75, 3.05) is 7.05 Å². The Labute approximate surface area is 163 Å². The molecule has 142 valence electrons. The Balaban J connectivity index is 2.05. The van der Waals surface area contributed by atoms with E-state index < -0.39 is 0 Å². The molecular weight excluding hydrogens is 333 g/mol. The molecule has 0 spiro atoms. The van der Waals surface area contributed by atoms with Crippen molar-refractivity contribution in [1.82, 2.24) is 4.90 Å². The van der Waals surface area contributed by atoms with Gasteiger partial charge in [0.05, 0.1) is 6.04 Å². The number of benzene rings is 2. The van der Waals surface area contributed by atoms with Gasteiger partial charge in [-0.3, -0.25) is 0 Å². The molecule has 0 fully saturated rings. The van der Waals surface area contributed by atoms with E-state index in [4.69, 9.17) is 0 Å². The number of likely N-dealkylation sites (N-methyl/N-ethyl adjacent to an activating group) is 1. The monoisotopic (exact) mass is 363 g/mol. The van der Waals surface area contributed by atoms with E-state index in [2.05, 4.69) is 49.9 Å². The van der Waals surface area contributed by atoms with Crippen LogP contribution >= 0.6 is 0 Å². The molecule has 0 N–H and O–H groups in total. The maximum absolute atomic E-state index is 14.7. The van der Waals surface area contributed by atoms with Crippen molar-refractivity contribution >= 4 is 5.57 Å². The van der Waals surface area contributed by atoms with Gasteiger partial charge in [-0.25, -0.2) is 4.39 Å². The molecule has 0 bridgehead atoms. The summed E-state index contributed by atoms with van der Waals surface area (Å²) < 4.78 is 14.7. The van der Waals surface area contributed by atoms with E-state index >= 15 is 0 Å². The van der Waals surface area contributed by atoms with Gasteiger partial charge in [-0.15, -0.1) is 0 Å². The first-order chi connectivity index (χ1) is 12.9. The second-order valence-electron chi connectivity index (χ2n) is 7.92. The first-order valence-corrected chi connectivity index (χ1v) is 9.87. The first-order valence-electron chi connectivity index (χ1n) is 9.87. The number of hydrogen-bond acceptors (Lipinski definition) is 1. The predicted octanol–water partition coefficient (Wildman–Crippen LogP) is 6.61. The Kier molecular flexibility index (Phi) is 5.84. The van der Waals surface area contributed by atoms with Gasteiger partial charge in [0.15, 0.2) is 0 Å². The Bertz CT molecular complexity index is 878. The Morgan fingerprint density at radius 3 is 2.63 bits per heavy atom. The van der Waals surface area contributed by atoms with Crippen molar-refractivity contribution in [3.05, 3.63) is 88.4 Å². The summed E-state index contributed by atoms with van der Waals surface area (Å²) in [7, 11) is 2.02. The summed E-state index contributed by atoms with van der Waals surface area (Å²) in [6.45, 7) is 8.73. The van der Waals surface area contributed by atoms with Crippen molar-refractivity contribution in [1.29, 1.82) is 0 Å². The molecule has 0 radical (unpaired) electrons. The number of rotatable bonds is 5. The highest BCUT2D eigenvalue weighted by atomic mass is 19.1. The van der Waals surface area contributed by atoms with E-state index in [0.717, 1.165) is 23.1 Å². The molecule has 2 atom stereocenters. The SMILES string of the molecule is CCC(C)Cc1cc(C2=CC=CN(C)C2c2cc(C)ccc2F)ccc1C. The maximum atomic E-state index is 14.7. The zero-order chi connectivity index (χ0) is 19.6. The fourth-order valence-electron chi connectivity index (χ4n) is 3.78. The zero-order valence-electron chi connectivity index (χ0n) is 17.1. The standard InChI is InChI=1S/C25H30FN/c1-6-17(2)14-21-16-20(11-10-19(21)4)22-8-7-13-27(5)25(22)23-15-18(3)9-12-24(23)26/h7-13,15-17,25H,6,14H2,1-5H3. The highest BCUT2D eigenvalue weighted by Crippen LogP contribution is 2.39. The highest BCUT2D eigenvalue weighted by Gasteiger charge is 2.26. The van der Waals surface area contributed by atoms with Crippen LogP contribution in [0.4, 0.5) is 4.39 Å². The molecule has 1 heterocycles. The van der Waals surface area contributed by atoms with Gasteiger partial charge in [0.1, 0.15) is 5.82 Å². The average molecular weight is 364 g/mol. The highest BCUT2D eigenvalue weighted by molar-refractivity contribution is 5.74. The Morgan fingerprint density at radius 2 is 1.89 bits per heavy atom. The average Bonchev–Trinajstić information content (AvgIpc) is 2.65. The predicted molar refractivity (Wildman–Crippen MR) is 113 cm³/mol. The summed E-state index contributed by atoms with van der Waals surface area (Å²) in [4.78, 5) is 2.10. The van der Waals surface area contributed by atoms with Crippen LogP contribution in [0.3, 0.4) is 0 Å². The molecule has 1 nitrogen and oxygen atoms in total. The molecule has 2 heteroatoms. The summed E-state index contributed by atoms with van der Waals surface area (Å²) in [5, 5.41) is 0. The summed E-state index contributed by atoms with van der Waals surface area (Å²) in [5.41, 5.74) is 6.86. The number of aryl methyl sites for hydroxylation is 2. The molecule has 0 saturated heterocycles. The number of nitrogens with zero attached hydrogens (tertiary/aromatic N) is 1. The van der Waals surface area contributed by atoms with Crippen LogP contribution in [0.1, 0.15) is 54.1 Å². The zero-order valence-corrected chi connectivity index (χ0v) is 17.1. The second kappa shape index (κ2) is 8.12. The van der Waals surface area contributed by atoms with Crippen LogP contribution < -0.4 is 0 Å². The van der Waals surface area contributed by atoms with E-state index in [0.29, 0.717) is 5.92 Å². The molecule has 0 aromatic heterocycles. The van der Waals surface area contributed by atoms with Crippen molar-refractivity contribution in [3.63, 3.8) is 0 Å². The molecule has 0 saturated carbocycles. The van der Waals surface area contributed by atoms with Crippen LogP contribution in [0.15, 0.2) is 54.8 Å². The first kappa shape index (κ1) is 19.4. The fourth-order valence-corrected chi connectivity index (χ4v) is 3.78. The number of halogens is 1. The minimum atomic E-state index is -0.148. The van der Waals surface area contributed by atoms with E-state index in [1.807, 2.05) is 38.4 Å². The molecular formula is C25H30FN. The smallest absolute Gasteiger partial charge is 0.128 e. The largest absolute Gasteiger partial charge is 0.369 e. The van der Waals surface area contributed by atoms with Gasteiger partial charge in [0.25, 0.3) is 0 Å². The van der Waals surface area contributed by atoms with Gasteiger partial charge in [-0.2, -0.15) is 0 Å². The minimum Gasteiger partial charge on any atom is -0.369 e. The van der Waals surface area contributed by atoms with Crippen LogP contribution in [0, 0.1) is 25.6 Å². The molecule has 0 aliphatic carbocycles. The second-order valence-corrected chi connectivity index (χ2v) is 7.92. The van der Waals surface area contributed by atoms with Crippen LogP contribution in [0.2, 0.25) is 0 Å². The molecule has 2 aromatic rings. The maximum Gasteiger partial charge on any atom is 0.128 e. The molecule has 3 rings (SSSR count). The molecule has 1 aliphatic rings. The van der Waals surface area contributed by atoms with Crippen LogP contribution in [0.5, 0.6) is 0 Å². The van der Waals surface area contributed by atoms with Crippen molar-refractivity contribution in [2.24, 2.45) is 5.92 Å². The lowest BCUT2D eigenvalue weighted by Gasteiger charge is -2.33. The van der Waals surface area contributed by atoms with Gasteiger partial charge in [-0.1, -0.05) is 62.2 Å². The molecule has 2 unspecified atom stereocenters. The van der Waals surface area contributed by atoms with Gasteiger partial charge < -0.3 is 4.90 Å². The molecule has 1 aliphatic heterocycles. The lowest BCUT2D eigenvalue weighted by Crippen LogP contribution is -2.23. The number of hydrogen-bond donors (Lipinski definition) is 0. The third-order valence-corrected chi connectivity index (χ3v) is 5.69. The lowest BCUT2D eigenvalue weighted by atomic mass is 9.86. The van der Waals surface area contributed by atoms with Gasteiger partial charge >= 0.3 is 0 Å². The van der Waals surface area contributed by atoms with E-state index in [1.165, 1.54) is 23.1 Å². The Hall–Kier alpha value is -2.35. The lowest BCUT2D eigenvalue weighted by molar-refractivity contribution is 0.388. The topological polar surface area (TPSA) is 3.24 Å². The molecule has 27 heavy (non-hydrogen) atoms. The van der Waals surface area contributed by atoms with Gasteiger partial charge in [0, 0.05) is 12.6 Å². The Morgan fingerprint density at radius 1 is 1.11 bits per heavy atom. The van der Waals surface area contributed by atoms with Gasteiger partial charge in [-0.05, 0) is 66.8 Å². The van der Waals surface area contributed by atoms with Crippen LogP contribution in [-0.2, 0) is 6.42 Å². The summed E-state index contributed by atoms with van der Waals surface area (Å²) in [6, 6.07) is 12.0. The summed E-state index contributed by atoms with van der Waals surface area (Å²) in [5.74, 6) is 0.512. The quantitative estimate of drug-likeness (QED) is 0.577. The van der Waals surface area contributed by atoms with Crippen LogP contribution in [0.25, 0.3) is 5.57 Å². The number of allylic oxidation sites excluding steroid dienone is 2. The van der Waals surface area contributed by atoms with Crippen LogP contribution in [-0.4, -0.2) is 11.9 Å².